The topological polar surface area (TPSA) is 86.7 Å². The highest BCUT2D eigenvalue weighted by molar-refractivity contribution is 9.12. The second kappa shape index (κ2) is 5.57. The van der Waals surface area contributed by atoms with Crippen LogP contribution in [0.1, 0.15) is 13.8 Å². The first-order chi connectivity index (χ1) is 8.25. The smallest absolute Gasteiger partial charge is 0.308 e. The molecular formula is C10H6Br2O6. The van der Waals surface area contributed by atoms with E-state index in [0.717, 1.165) is 13.8 Å². The molecule has 0 aliphatic heterocycles. The van der Waals surface area contributed by atoms with E-state index in [2.05, 4.69) is 41.3 Å². The minimum atomic E-state index is -0.770. The summed E-state index contributed by atoms with van der Waals surface area (Å²) in [6, 6.07) is 0. The van der Waals surface area contributed by atoms with Crippen LogP contribution in [0.4, 0.5) is 0 Å². The number of esters is 2. The molecule has 8 heteroatoms. The molecule has 0 heterocycles. The summed E-state index contributed by atoms with van der Waals surface area (Å²) >= 11 is 5.67. The minimum absolute atomic E-state index is 0.276. The molecule has 0 N–H and O–H groups in total. The van der Waals surface area contributed by atoms with Gasteiger partial charge in [-0.3, -0.25) is 19.2 Å². The molecule has 0 aromatic carbocycles. The van der Waals surface area contributed by atoms with Crippen LogP contribution < -0.4 is 0 Å². The first-order valence-corrected chi connectivity index (χ1v) is 6.10. The van der Waals surface area contributed by atoms with Crippen molar-refractivity contribution < 1.29 is 28.7 Å². The Labute approximate surface area is 118 Å². The molecule has 0 fully saturated rings. The molecule has 96 valence electrons. The maximum atomic E-state index is 11.8. The number of halogens is 2. The predicted octanol–water partition coefficient (Wildman–Crippen LogP) is 1.48. The van der Waals surface area contributed by atoms with Crippen molar-refractivity contribution in [3.63, 3.8) is 0 Å². The molecule has 0 saturated heterocycles. The summed E-state index contributed by atoms with van der Waals surface area (Å²) in [4.78, 5) is 45.2. The van der Waals surface area contributed by atoms with Gasteiger partial charge < -0.3 is 9.47 Å². The maximum absolute atomic E-state index is 11.8. The molecule has 1 aliphatic carbocycles. The molecular weight excluding hydrogens is 376 g/mol. The number of carbonyl (C=O) groups is 4. The van der Waals surface area contributed by atoms with Crippen molar-refractivity contribution in [2.75, 3.05) is 0 Å². The molecule has 0 bridgehead atoms. The van der Waals surface area contributed by atoms with E-state index in [4.69, 9.17) is 0 Å². The molecule has 18 heavy (non-hydrogen) atoms. The van der Waals surface area contributed by atoms with Crippen LogP contribution in [0, 0.1) is 0 Å². The zero-order valence-electron chi connectivity index (χ0n) is 9.21. The van der Waals surface area contributed by atoms with E-state index in [1.807, 2.05) is 0 Å². The van der Waals surface area contributed by atoms with Crippen LogP contribution in [0.3, 0.4) is 0 Å². The minimum Gasteiger partial charge on any atom is -0.421 e. The molecule has 1 rings (SSSR count). The van der Waals surface area contributed by atoms with Crippen LogP contribution in [0.25, 0.3) is 0 Å². The van der Waals surface area contributed by atoms with Crippen LogP contribution in [0.5, 0.6) is 0 Å². The van der Waals surface area contributed by atoms with Crippen molar-refractivity contribution in [1.29, 1.82) is 0 Å². The van der Waals surface area contributed by atoms with Gasteiger partial charge in [-0.05, 0) is 31.9 Å². The Bertz CT molecular complexity index is 480. The average molecular weight is 382 g/mol. The molecule has 0 radical (unpaired) electrons. The Kier molecular flexibility index (Phi) is 4.58. The largest absolute Gasteiger partial charge is 0.421 e. The number of ether oxygens (including phenoxy) is 2. The fourth-order valence-electron chi connectivity index (χ4n) is 1.07. The highest BCUT2D eigenvalue weighted by Gasteiger charge is 2.36. The third-order valence-electron chi connectivity index (χ3n) is 1.70. The quantitative estimate of drug-likeness (QED) is 0.531. The van der Waals surface area contributed by atoms with Crippen molar-refractivity contribution >= 4 is 55.4 Å². The van der Waals surface area contributed by atoms with Crippen LogP contribution in [0.15, 0.2) is 20.5 Å². The third-order valence-corrected chi connectivity index (χ3v) is 3.14. The van der Waals surface area contributed by atoms with E-state index in [0.29, 0.717) is 0 Å². The number of hydrogen-bond acceptors (Lipinski definition) is 6. The summed E-state index contributed by atoms with van der Waals surface area (Å²) in [6.07, 6.45) is 0. The van der Waals surface area contributed by atoms with Gasteiger partial charge in [-0.15, -0.1) is 0 Å². The Balaban J connectivity index is 3.22. The normalized spacial score (nSPS) is 16.0. The van der Waals surface area contributed by atoms with Gasteiger partial charge in [0.2, 0.25) is 11.6 Å². The summed E-state index contributed by atoms with van der Waals surface area (Å²) in [5.74, 6) is -3.94. The van der Waals surface area contributed by atoms with Gasteiger partial charge in [0.1, 0.15) is 8.96 Å². The van der Waals surface area contributed by atoms with E-state index in [1.165, 1.54) is 0 Å². The average Bonchev–Trinajstić information content (AvgIpc) is 2.27. The molecule has 0 aromatic rings. The van der Waals surface area contributed by atoms with Gasteiger partial charge in [0.25, 0.3) is 0 Å². The zero-order chi connectivity index (χ0) is 14.0. The molecule has 0 unspecified atom stereocenters. The van der Waals surface area contributed by atoms with Gasteiger partial charge in [0.15, 0.2) is 11.5 Å². The summed E-state index contributed by atoms with van der Waals surface area (Å²) in [5.41, 5.74) is 0. The van der Waals surface area contributed by atoms with E-state index in [1.54, 1.807) is 0 Å². The van der Waals surface area contributed by atoms with E-state index >= 15 is 0 Å². The Morgan fingerprint density at radius 1 is 0.833 bits per heavy atom. The number of carbonyl (C=O) groups excluding carboxylic acids is 4. The van der Waals surface area contributed by atoms with Gasteiger partial charge in [0, 0.05) is 13.8 Å². The highest BCUT2D eigenvalue weighted by atomic mass is 79.9. The highest BCUT2D eigenvalue weighted by Crippen LogP contribution is 2.32. The lowest BCUT2D eigenvalue weighted by atomic mass is 10.1. The number of Topliss-reactive ketones (excluding diaryl/α,β-unsaturated/α-hetero) is 2. The van der Waals surface area contributed by atoms with Crippen molar-refractivity contribution in [3.8, 4) is 0 Å². The number of ketones is 2. The van der Waals surface area contributed by atoms with Crippen LogP contribution in [0.2, 0.25) is 0 Å². The van der Waals surface area contributed by atoms with E-state index < -0.39 is 35.0 Å². The molecule has 0 atom stereocenters. The van der Waals surface area contributed by atoms with Crippen molar-refractivity contribution in [2.24, 2.45) is 0 Å². The van der Waals surface area contributed by atoms with Crippen molar-refractivity contribution in [3.05, 3.63) is 20.5 Å². The lowest BCUT2D eigenvalue weighted by molar-refractivity contribution is -0.142. The molecule has 0 amide bonds. The number of hydrogen-bond donors (Lipinski definition) is 0. The molecule has 1 aliphatic rings. The number of rotatable bonds is 2. The summed E-state index contributed by atoms with van der Waals surface area (Å²) < 4.78 is 8.71. The summed E-state index contributed by atoms with van der Waals surface area (Å²) in [6.45, 7) is 2.18. The monoisotopic (exact) mass is 380 g/mol. The van der Waals surface area contributed by atoms with Crippen LogP contribution in [-0.2, 0) is 28.7 Å². The first kappa shape index (κ1) is 14.8. The molecule has 0 aromatic heterocycles. The predicted molar refractivity (Wildman–Crippen MR) is 65.5 cm³/mol. The fraction of sp³-hybridized carbons (Fsp3) is 0.200. The number of allylic oxidation sites excluding steroid dienone is 2. The second-order valence-corrected chi connectivity index (χ2v) is 4.72. The van der Waals surface area contributed by atoms with Crippen LogP contribution >= 0.6 is 31.9 Å². The zero-order valence-corrected chi connectivity index (χ0v) is 12.4. The van der Waals surface area contributed by atoms with E-state index in [9.17, 15) is 19.2 Å². The Morgan fingerprint density at radius 2 is 1.11 bits per heavy atom. The van der Waals surface area contributed by atoms with Gasteiger partial charge in [-0.1, -0.05) is 0 Å². The van der Waals surface area contributed by atoms with Crippen molar-refractivity contribution in [2.45, 2.75) is 13.8 Å². The first-order valence-electron chi connectivity index (χ1n) is 4.51. The SMILES string of the molecule is CC(=O)OC1=C(Br)C(=O)C(OC(C)=O)=C(Br)C1=O. The standard InChI is InChI=1S/C10H6Br2O6/c1-3(13)17-9-5(11)8(16)10(18-4(2)14)6(12)7(9)15/h1-2H3. The Hall–Kier alpha value is -1.28. The fourth-order valence-corrected chi connectivity index (χ4v) is 1.96. The van der Waals surface area contributed by atoms with Crippen molar-refractivity contribution in [1.82, 2.24) is 0 Å². The Morgan fingerprint density at radius 3 is 1.33 bits per heavy atom. The van der Waals surface area contributed by atoms with Crippen LogP contribution in [-0.4, -0.2) is 23.5 Å². The lowest BCUT2D eigenvalue weighted by Gasteiger charge is -2.16. The maximum Gasteiger partial charge on any atom is 0.308 e. The molecule has 6 nitrogen and oxygen atoms in total. The second-order valence-electron chi connectivity index (χ2n) is 3.13. The van der Waals surface area contributed by atoms with Gasteiger partial charge in [-0.25, -0.2) is 0 Å². The van der Waals surface area contributed by atoms with E-state index in [-0.39, 0.29) is 8.96 Å². The van der Waals surface area contributed by atoms with Gasteiger partial charge in [0.05, 0.1) is 0 Å². The third kappa shape index (κ3) is 2.94. The lowest BCUT2D eigenvalue weighted by Crippen LogP contribution is -2.24. The van der Waals surface area contributed by atoms with Gasteiger partial charge in [-0.2, -0.15) is 0 Å². The molecule has 0 spiro atoms. The summed E-state index contributed by atoms with van der Waals surface area (Å²) in [7, 11) is 0. The molecule has 0 saturated carbocycles. The van der Waals surface area contributed by atoms with Gasteiger partial charge >= 0.3 is 11.9 Å². The summed E-state index contributed by atoms with van der Waals surface area (Å²) in [5, 5.41) is 0.